The quantitative estimate of drug-likeness (QED) is 0.833. The van der Waals surface area contributed by atoms with Crippen molar-refractivity contribution in [2.75, 3.05) is 6.54 Å². The summed E-state index contributed by atoms with van der Waals surface area (Å²) in [5, 5.41) is 3.71. The number of rotatable bonds is 5. The number of nitrogens with one attached hydrogen (secondary N) is 1. The minimum atomic E-state index is 0.419. The molecule has 3 atom stereocenters. The first-order chi connectivity index (χ1) is 8.72. The molecule has 1 aliphatic rings. The van der Waals surface area contributed by atoms with Gasteiger partial charge in [-0.2, -0.15) is 0 Å². The van der Waals surface area contributed by atoms with E-state index in [0.717, 1.165) is 18.4 Å². The van der Waals surface area contributed by atoms with Crippen molar-refractivity contribution in [1.29, 1.82) is 0 Å². The van der Waals surface area contributed by atoms with Crippen LogP contribution in [0, 0.1) is 18.8 Å². The second kappa shape index (κ2) is 6.42. The zero-order valence-electron chi connectivity index (χ0n) is 12.0. The van der Waals surface area contributed by atoms with E-state index in [9.17, 15) is 0 Å². The lowest BCUT2D eigenvalue weighted by molar-refractivity contribution is 0.205. The fourth-order valence-electron chi connectivity index (χ4n) is 3.26. The van der Waals surface area contributed by atoms with Crippen LogP contribution in [0.25, 0.3) is 0 Å². The Labute approximate surface area is 111 Å². The first kappa shape index (κ1) is 13.7. The first-order valence-corrected chi connectivity index (χ1v) is 7.49. The van der Waals surface area contributed by atoms with Gasteiger partial charge in [0, 0.05) is 0 Å². The van der Waals surface area contributed by atoms with Crippen LogP contribution in [0.3, 0.4) is 0 Å². The van der Waals surface area contributed by atoms with Gasteiger partial charge in [0.25, 0.3) is 0 Å². The average molecular weight is 249 g/mol. The summed E-state index contributed by atoms with van der Waals surface area (Å²) >= 11 is 0. The van der Waals surface area contributed by atoms with Crippen LogP contribution < -0.4 is 5.32 Å². The van der Waals surface area contributed by atoms with Crippen LogP contribution in [-0.4, -0.2) is 6.54 Å². The summed E-state index contributed by atoms with van der Waals surface area (Å²) in [6, 6.07) is 2.50. The van der Waals surface area contributed by atoms with Crippen molar-refractivity contribution >= 4 is 0 Å². The van der Waals surface area contributed by atoms with Crippen LogP contribution in [0.1, 0.15) is 63.3 Å². The van der Waals surface area contributed by atoms with Gasteiger partial charge >= 0.3 is 0 Å². The highest BCUT2D eigenvalue weighted by atomic mass is 16.3. The molecule has 0 saturated heterocycles. The second-order valence-corrected chi connectivity index (χ2v) is 5.93. The molecule has 2 rings (SSSR count). The van der Waals surface area contributed by atoms with Gasteiger partial charge in [0.1, 0.15) is 5.76 Å². The van der Waals surface area contributed by atoms with E-state index in [4.69, 9.17) is 4.42 Å². The molecule has 1 aliphatic carbocycles. The van der Waals surface area contributed by atoms with Crippen LogP contribution in [0.15, 0.2) is 16.7 Å². The number of furan rings is 1. The maximum atomic E-state index is 5.75. The van der Waals surface area contributed by atoms with Crippen molar-refractivity contribution in [1.82, 2.24) is 5.32 Å². The van der Waals surface area contributed by atoms with Crippen molar-refractivity contribution in [2.45, 2.75) is 58.9 Å². The monoisotopic (exact) mass is 249 g/mol. The molecular formula is C16H27NO. The molecule has 3 unspecified atom stereocenters. The van der Waals surface area contributed by atoms with Crippen LogP contribution >= 0.6 is 0 Å². The van der Waals surface area contributed by atoms with E-state index in [2.05, 4.69) is 32.2 Å². The molecule has 0 aromatic carbocycles. The van der Waals surface area contributed by atoms with Gasteiger partial charge in [-0.15, -0.1) is 0 Å². The second-order valence-electron chi connectivity index (χ2n) is 5.93. The van der Waals surface area contributed by atoms with Gasteiger partial charge in [-0.1, -0.05) is 26.7 Å². The molecule has 2 nitrogen and oxygen atoms in total. The first-order valence-electron chi connectivity index (χ1n) is 7.49. The van der Waals surface area contributed by atoms with Gasteiger partial charge in [-0.05, 0) is 56.2 Å². The summed E-state index contributed by atoms with van der Waals surface area (Å²) in [4.78, 5) is 0. The summed E-state index contributed by atoms with van der Waals surface area (Å²) in [6.07, 6.45) is 8.45. The maximum Gasteiger partial charge on any atom is 0.123 e. The Morgan fingerprint density at radius 2 is 2.28 bits per heavy atom. The topological polar surface area (TPSA) is 25.2 Å². The van der Waals surface area contributed by atoms with Crippen molar-refractivity contribution in [2.24, 2.45) is 11.8 Å². The third-order valence-electron chi connectivity index (χ3n) is 4.25. The summed E-state index contributed by atoms with van der Waals surface area (Å²) in [5.41, 5.74) is 1.29. The van der Waals surface area contributed by atoms with Gasteiger partial charge in [0.15, 0.2) is 0 Å². The van der Waals surface area contributed by atoms with Gasteiger partial charge in [-0.25, -0.2) is 0 Å². The third kappa shape index (κ3) is 3.17. The van der Waals surface area contributed by atoms with E-state index in [1.165, 1.54) is 43.4 Å². The minimum absolute atomic E-state index is 0.419. The normalized spacial score (nSPS) is 26.2. The van der Waals surface area contributed by atoms with Crippen molar-refractivity contribution < 1.29 is 4.42 Å². The van der Waals surface area contributed by atoms with Crippen LogP contribution in [0.4, 0.5) is 0 Å². The molecule has 1 aromatic rings. The number of aryl methyl sites for hydroxylation is 1. The molecule has 1 fully saturated rings. The SMILES string of the molecule is CCCNC(c1occc1C)C1CCCC(C)C1. The molecule has 1 aromatic heterocycles. The molecular weight excluding hydrogens is 222 g/mol. The van der Waals surface area contributed by atoms with E-state index in [1.807, 2.05) is 6.26 Å². The Morgan fingerprint density at radius 3 is 2.89 bits per heavy atom. The standard InChI is InChI=1S/C16H27NO/c1-4-9-17-15(16-13(3)8-10-18-16)14-7-5-6-12(2)11-14/h8,10,12,14-15,17H,4-7,9,11H2,1-3H3. The Kier molecular flexibility index (Phi) is 4.87. The molecule has 0 amide bonds. The maximum absolute atomic E-state index is 5.75. The molecule has 1 heterocycles. The average Bonchev–Trinajstić information content (AvgIpc) is 2.77. The molecule has 102 valence electrons. The van der Waals surface area contributed by atoms with Crippen molar-refractivity contribution in [3.63, 3.8) is 0 Å². The van der Waals surface area contributed by atoms with Crippen LogP contribution in [0.2, 0.25) is 0 Å². The fourth-order valence-corrected chi connectivity index (χ4v) is 3.26. The summed E-state index contributed by atoms with van der Waals surface area (Å²) in [7, 11) is 0. The van der Waals surface area contributed by atoms with Gasteiger partial charge in [-0.3, -0.25) is 0 Å². The van der Waals surface area contributed by atoms with Crippen molar-refractivity contribution in [3.05, 3.63) is 23.7 Å². The molecule has 0 aliphatic heterocycles. The van der Waals surface area contributed by atoms with Crippen LogP contribution in [-0.2, 0) is 0 Å². The van der Waals surface area contributed by atoms with Crippen molar-refractivity contribution in [3.8, 4) is 0 Å². The largest absolute Gasteiger partial charge is 0.467 e. The molecule has 0 spiro atoms. The lowest BCUT2D eigenvalue weighted by Gasteiger charge is -2.33. The highest BCUT2D eigenvalue weighted by molar-refractivity contribution is 5.19. The molecule has 1 saturated carbocycles. The Morgan fingerprint density at radius 1 is 1.44 bits per heavy atom. The van der Waals surface area contributed by atoms with Gasteiger partial charge in [0.05, 0.1) is 12.3 Å². The van der Waals surface area contributed by atoms with Gasteiger partial charge < -0.3 is 9.73 Å². The molecule has 0 bridgehead atoms. The van der Waals surface area contributed by atoms with E-state index in [-0.39, 0.29) is 0 Å². The lowest BCUT2D eigenvalue weighted by atomic mass is 9.77. The smallest absolute Gasteiger partial charge is 0.123 e. The van der Waals surface area contributed by atoms with E-state index >= 15 is 0 Å². The summed E-state index contributed by atoms with van der Waals surface area (Å²) in [6.45, 7) is 7.85. The Balaban J connectivity index is 2.11. The zero-order valence-corrected chi connectivity index (χ0v) is 12.0. The fraction of sp³-hybridized carbons (Fsp3) is 0.750. The highest BCUT2D eigenvalue weighted by Gasteiger charge is 2.30. The predicted octanol–water partition coefficient (Wildman–Crippen LogP) is 4.46. The van der Waals surface area contributed by atoms with E-state index in [1.54, 1.807) is 0 Å². The molecule has 2 heteroatoms. The lowest BCUT2D eigenvalue weighted by Crippen LogP contribution is -2.32. The molecule has 1 N–H and O–H groups in total. The van der Waals surface area contributed by atoms with E-state index < -0.39 is 0 Å². The predicted molar refractivity (Wildman–Crippen MR) is 75.6 cm³/mol. The summed E-state index contributed by atoms with van der Waals surface area (Å²) < 4.78 is 5.75. The Hall–Kier alpha value is -0.760. The molecule has 18 heavy (non-hydrogen) atoms. The number of hydrogen-bond donors (Lipinski definition) is 1. The highest BCUT2D eigenvalue weighted by Crippen LogP contribution is 2.38. The minimum Gasteiger partial charge on any atom is -0.467 e. The Bertz CT molecular complexity index is 358. The number of hydrogen-bond acceptors (Lipinski definition) is 2. The van der Waals surface area contributed by atoms with Crippen LogP contribution in [0.5, 0.6) is 0 Å². The third-order valence-corrected chi connectivity index (χ3v) is 4.25. The summed E-state index contributed by atoms with van der Waals surface area (Å²) in [5.74, 6) is 2.78. The van der Waals surface area contributed by atoms with E-state index in [0.29, 0.717) is 6.04 Å². The molecule has 0 radical (unpaired) electrons. The zero-order chi connectivity index (χ0) is 13.0. The van der Waals surface area contributed by atoms with Gasteiger partial charge in [0.2, 0.25) is 0 Å².